The van der Waals surface area contributed by atoms with Gasteiger partial charge in [-0.15, -0.1) is 0 Å². The van der Waals surface area contributed by atoms with Crippen LogP contribution in [-0.2, 0) is 10.9 Å². The minimum atomic E-state index is -4.82. The summed E-state index contributed by atoms with van der Waals surface area (Å²) in [6, 6.07) is 9.94. The monoisotopic (exact) mass is 438 g/mol. The lowest BCUT2D eigenvalue weighted by atomic mass is 9.97. The lowest BCUT2D eigenvalue weighted by Gasteiger charge is -2.22. The molecule has 30 heavy (non-hydrogen) atoms. The van der Waals surface area contributed by atoms with E-state index in [1.165, 1.54) is 6.07 Å². The molecule has 7 heteroatoms. The van der Waals surface area contributed by atoms with E-state index in [9.17, 15) is 18.0 Å². The van der Waals surface area contributed by atoms with Crippen molar-refractivity contribution in [3.8, 4) is 16.9 Å². The van der Waals surface area contributed by atoms with Crippen molar-refractivity contribution in [2.75, 3.05) is 6.61 Å². The van der Waals surface area contributed by atoms with Crippen LogP contribution in [0.2, 0.25) is 5.02 Å². The smallest absolute Gasteiger partial charge is 0.420 e. The van der Waals surface area contributed by atoms with Crippen LogP contribution in [0.1, 0.15) is 54.4 Å². The molecule has 2 aliphatic rings. The summed E-state index contributed by atoms with van der Waals surface area (Å²) in [6.07, 6.45) is -0.228. The van der Waals surface area contributed by atoms with Gasteiger partial charge >= 0.3 is 12.1 Å². The van der Waals surface area contributed by atoms with Gasteiger partial charge in [0.1, 0.15) is 11.7 Å². The molecule has 160 valence electrons. The number of hydrogen-bond donors (Lipinski definition) is 0. The molecule has 0 aliphatic heterocycles. The van der Waals surface area contributed by atoms with Crippen molar-refractivity contribution in [1.29, 1.82) is 0 Å². The lowest BCUT2D eigenvalue weighted by Crippen LogP contribution is -2.21. The summed E-state index contributed by atoms with van der Waals surface area (Å²) in [5.41, 5.74) is -0.795. The van der Waals surface area contributed by atoms with Crippen molar-refractivity contribution in [2.45, 2.75) is 50.8 Å². The summed E-state index contributed by atoms with van der Waals surface area (Å²) in [6.45, 7) is 0.137. The molecule has 0 radical (unpaired) electrons. The summed E-state index contributed by atoms with van der Waals surface area (Å²) in [5.74, 6) is -1.26. The van der Waals surface area contributed by atoms with Crippen molar-refractivity contribution in [3.05, 3.63) is 52.5 Å². The third-order valence-electron chi connectivity index (χ3n) is 5.55. The van der Waals surface area contributed by atoms with Crippen LogP contribution in [0.25, 0.3) is 11.1 Å². The zero-order valence-electron chi connectivity index (χ0n) is 16.3. The topological polar surface area (TPSA) is 35.5 Å². The maximum atomic E-state index is 14.1. The standard InChI is InChI=1S/C23H22ClF3O3/c24-20-17(15-6-2-1-3-7-15)12-18(22(28)30-16-8-4-5-9-16)19(23(25,26)27)21(20)29-13-14-10-11-14/h1-3,6-7,12,14,16H,4-5,8-11,13H2. The Balaban J connectivity index is 1.83. The third-order valence-corrected chi connectivity index (χ3v) is 5.92. The summed E-state index contributed by atoms with van der Waals surface area (Å²) in [7, 11) is 0. The molecule has 0 N–H and O–H groups in total. The molecule has 0 saturated heterocycles. The van der Waals surface area contributed by atoms with E-state index in [-0.39, 0.29) is 23.7 Å². The predicted octanol–water partition coefficient (Wildman–Crippen LogP) is 6.91. The Labute approximate surface area is 178 Å². The summed E-state index contributed by atoms with van der Waals surface area (Å²) in [5, 5.41) is -0.147. The number of rotatable bonds is 6. The van der Waals surface area contributed by atoms with Crippen LogP contribution in [-0.4, -0.2) is 18.7 Å². The fourth-order valence-electron chi connectivity index (χ4n) is 3.75. The van der Waals surface area contributed by atoms with Crippen LogP contribution in [0.15, 0.2) is 36.4 Å². The molecule has 0 amide bonds. The number of carbonyl (C=O) groups excluding carboxylic acids is 1. The molecule has 2 saturated carbocycles. The van der Waals surface area contributed by atoms with Crippen molar-refractivity contribution in [3.63, 3.8) is 0 Å². The van der Waals surface area contributed by atoms with Crippen LogP contribution in [0.4, 0.5) is 13.2 Å². The zero-order chi connectivity index (χ0) is 21.3. The third kappa shape index (κ3) is 4.59. The molecule has 2 aromatic carbocycles. The van der Waals surface area contributed by atoms with Crippen molar-refractivity contribution >= 4 is 17.6 Å². The van der Waals surface area contributed by atoms with Gasteiger partial charge in [0.15, 0.2) is 5.75 Å². The fourth-order valence-corrected chi connectivity index (χ4v) is 4.06. The van der Waals surface area contributed by atoms with Gasteiger partial charge in [-0.05, 0) is 56.1 Å². The first kappa shape index (κ1) is 21.0. The Bertz CT molecular complexity index is 918. The van der Waals surface area contributed by atoms with E-state index < -0.39 is 29.0 Å². The average molecular weight is 439 g/mol. The van der Waals surface area contributed by atoms with Crippen LogP contribution in [0, 0.1) is 5.92 Å². The number of halogens is 4. The molecular weight excluding hydrogens is 417 g/mol. The summed E-state index contributed by atoms with van der Waals surface area (Å²) >= 11 is 6.43. The van der Waals surface area contributed by atoms with Gasteiger partial charge in [-0.2, -0.15) is 13.2 Å². The fraction of sp³-hybridized carbons (Fsp3) is 0.435. The Morgan fingerprint density at radius 3 is 2.33 bits per heavy atom. The first-order valence-corrected chi connectivity index (χ1v) is 10.5. The lowest BCUT2D eigenvalue weighted by molar-refractivity contribution is -0.139. The molecule has 0 heterocycles. The zero-order valence-corrected chi connectivity index (χ0v) is 17.1. The minimum Gasteiger partial charge on any atom is -0.491 e. The van der Waals surface area contributed by atoms with Crippen LogP contribution >= 0.6 is 11.6 Å². The average Bonchev–Trinajstić information content (AvgIpc) is 3.40. The second kappa shape index (κ2) is 8.50. The van der Waals surface area contributed by atoms with Gasteiger partial charge in [0.05, 0.1) is 17.2 Å². The Hall–Kier alpha value is -2.21. The van der Waals surface area contributed by atoms with Gasteiger partial charge in [-0.3, -0.25) is 0 Å². The molecular formula is C23H22ClF3O3. The first-order chi connectivity index (χ1) is 14.3. The Morgan fingerprint density at radius 2 is 1.73 bits per heavy atom. The van der Waals surface area contributed by atoms with Gasteiger partial charge in [0.25, 0.3) is 0 Å². The number of hydrogen-bond acceptors (Lipinski definition) is 3. The van der Waals surface area contributed by atoms with E-state index in [4.69, 9.17) is 21.1 Å². The van der Waals surface area contributed by atoms with Crippen LogP contribution in [0.3, 0.4) is 0 Å². The van der Waals surface area contributed by atoms with Crippen molar-refractivity contribution < 1.29 is 27.4 Å². The maximum absolute atomic E-state index is 14.1. The van der Waals surface area contributed by atoms with Crippen LogP contribution < -0.4 is 4.74 Å². The predicted molar refractivity (Wildman–Crippen MR) is 108 cm³/mol. The number of esters is 1. The summed E-state index contributed by atoms with van der Waals surface area (Å²) < 4.78 is 53.3. The molecule has 4 rings (SSSR count). The quantitative estimate of drug-likeness (QED) is 0.459. The number of benzene rings is 2. The van der Waals surface area contributed by atoms with Crippen molar-refractivity contribution in [2.24, 2.45) is 5.92 Å². The highest BCUT2D eigenvalue weighted by Gasteiger charge is 2.42. The molecule has 0 spiro atoms. The molecule has 0 atom stereocenters. The van der Waals surface area contributed by atoms with E-state index in [0.29, 0.717) is 24.0 Å². The van der Waals surface area contributed by atoms with Gasteiger partial charge in [-0.25, -0.2) is 4.79 Å². The number of alkyl halides is 3. The second-order valence-electron chi connectivity index (χ2n) is 7.92. The Morgan fingerprint density at radius 1 is 1.07 bits per heavy atom. The Kier molecular flexibility index (Phi) is 5.96. The van der Waals surface area contributed by atoms with E-state index in [1.807, 2.05) is 0 Å². The maximum Gasteiger partial charge on any atom is 0.420 e. The molecule has 0 aromatic heterocycles. The van der Waals surface area contributed by atoms with E-state index >= 15 is 0 Å². The number of carbonyl (C=O) groups is 1. The van der Waals surface area contributed by atoms with Gasteiger partial charge in [-0.1, -0.05) is 41.9 Å². The van der Waals surface area contributed by atoms with Gasteiger partial charge in [0, 0.05) is 5.56 Å². The first-order valence-electron chi connectivity index (χ1n) is 10.2. The van der Waals surface area contributed by atoms with E-state index in [2.05, 4.69) is 0 Å². The van der Waals surface area contributed by atoms with Crippen molar-refractivity contribution in [1.82, 2.24) is 0 Å². The number of ether oxygens (including phenoxy) is 2. The highest BCUT2D eigenvalue weighted by atomic mass is 35.5. The summed E-state index contributed by atoms with van der Waals surface area (Å²) in [4.78, 5) is 12.8. The largest absolute Gasteiger partial charge is 0.491 e. The second-order valence-corrected chi connectivity index (χ2v) is 8.30. The van der Waals surface area contributed by atoms with E-state index in [0.717, 1.165) is 25.7 Å². The minimum absolute atomic E-state index is 0.137. The molecule has 3 nitrogen and oxygen atoms in total. The normalized spacial score (nSPS) is 17.2. The molecule has 0 unspecified atom stereocenters. The van der Waals surface area contributed by atoms with Gasteiger partial charge < -0.3 is 9.47 Å². The van der Waals surface area contributed by atoms with E-state index in [1.54, 1.807) is 30.3 Å². The highest BCUT2D eigenvalue weighted by molar-refractivity contribution is 6.35. The van der Waals surface area contributed by atoms with Gasteiger partial charge in [0.2, 0.25) is 0 Å². The molecule has 2 aromatic rings. The molecule has 2 fully saturated rings. The van der Waals surface area contributed by atoms with Crippen LogP contribution in [0.5, 0.6) is 5.75 Å². The SMILES string of the molecule is O=C(OC1CCCC1)c1cc(-c2ccccc2)c(Cl)c(OCC2CC2)c1C(F)(F)F. The molecule has 2 aliphatic carbocycles. The highest BCUT2D eigenvalue weighted by Crippen LogP contribution is 2.48. The molecule has 0 bridgehead atoms.